The van der Waals surface area contributed by atoms with Gasteiger partial charge in [0.25, 0.3) is 0 Å². The largest absolute Gasteiger partial charge is 0.741 e. The summed E-state index contributed by atoms with van der Waals surface area (Å²) in [6, 6.07) is 7.47. The first kappa shape index (κ1) is 17.8. The van der Waals surface area contributed by atoms with Gasteiger partial charge in [0.2, 0.25) is 0 Å². The molecule has 0 fully saturated rings. The number of thiazole rings is 1. The van der Waals surface area contributed by atoms with Crippen LogP contribution < -0.4 is 5.11 Å². The summed E-state index contributed by atoms with van der Waals surface area (Å²) in [5.41, 5.74) is -0.638. The number of benzene rings is 1. The molecule has 0 aliphatic rings. The average Bonchev–Trinajstić information content (AvgIpc) is 2.85. The third-order valence-electron chi connectivity index (χ3n) is 4.53. The van der Waals surface area contributed by atoms with Gasteiger partial charge < -0.3 is 27.3 Å². The van der Waals surface area contributed by atoms with E-state index in [9.17, 15) is 14.7 Å². The lowest BCUT2D eigenvalue weighted by molar-refractivity contribution is -0.325. The number of hydrogen-bond donors (Lipinski definition) is 0. The summed E-state index contributed by atoms with van der Waals surface area (Å²) in [5, 5.41) is 12.0. The molecule has 1 heterocycles. The normalized spacial score (nSPS) is 13.7. The van der Waals surface area contributed by atoms with Crippen molar-refractivity contribution in [2.45, 2.75) is 33.6 Å². The molecule has 0 aliphatic carbocycles. The molecule has 0 radical (unpaired) electrons. The predicted octanol–water partition coefficient (Wildman–Crippen LogP) is 2.50. The van der Waals surface area contributed by atoms with Crippen molar-refractivity contribution in [1.82, 2.24) is 4.98 Å². The quantitative estimate of drug-likeness (QED) is 0.750. The first-order valence-electron chi connectivity index (χ1n) is 7.50. The number of rotatable bonds is 6. The SMILES string of the molecule is CC(C)C(C(=O)[O-])(C(C)C)C(C(=O)[S-])c1nc2ccccc2s1. The Kier molecular flexibility index (Phi) is 5.06. The molecule has 0 saturated heterocycles. The molecule has 0 aliphatic heterocycles. The van der Waals surface area contributed by atoms with E-state index in [0.717, 1.165) is 10.2 Å². The lowest BCUT2D eigenvalue weighted by Crippen LogP contribution is -2.54. The van der Waals surface area contributed by atoms with Gasteiger partial charge in [-0.15, -0.1) is 11.3 Å². The van der Waals surface area contributed by atoms with E-state index in [0.29, 0.717) is 5.01 Å². The van der Waals surface area contributed by atoms with Crippen molar-refractivity contribution in [2.24, 2.45) is 17.3 Å². The molecule has 2 rings (SSSR count). The van der Waals surface area contributed by atoms with Crippen LogP contribution in [-0.4, -0.2) is 16.1 Å². The van der Waals surface area contributed by atoms with Crippen LogP contribution in [0.25, 0.3) is 10.2 Å². The minimum absolute atomic E-state index is 0.323. The lowest BCUT2D eigenvalue weighted by Gasteiger charge is -2.48. The summed E-state index contributed by atoms with van der Waals surface area (Å²) >= 11 is 6.25. The molecule has 1 aromatic heterocycles. The Morgan fingerprint density at radius 2 is 1.74 bits per heavy atom. The third-order valence-corrected chi connectivity index (χ3v) is 5.87. The van der Waals surface area contributed by atoms with Crippen LogP contribution in [0.2, 0.25) is 0 Å². The third kappa shape index (κ3) is 2.85. The van der Waals surface area contributed by atoms with Crippen LogP contribution in [0.4, 0.5) is 0 Å². The van der Waals surface area contributed by atoms with E-state index in [-0.39, 0.29) is 11.8 Å². The van der Waals surface area contributed by atoms with Gasteiger partial charge in [-0.1, -0.05) is 39.8 Å². The predicted molar refractivity (Wildman–Crippen MR) is 91.8 cm³/mol. The number of carbonyl (C=O) groups excluding carboxylic acids is 2. The molecule has 2 aromatic rings. The van der Waals surface area contributed by atoms with Gasteiger partial charge >= 0.3 is 0 Å². The van der Waals surface area contributed by atoms with Crippen LogP contribution >= 0.6 is 11.3 Å². The van der Waals surface area contributed by atoms with Crippen LogP contribution in [-0.2, 0) is 22.2 Å². The van der Waals surface area contributed by atoms with E-state index in [1.165, 1.54) is 11.3 Å². The number of carboxylic acids is 1. The van der Waals surface area contributed by atoms with E-state index >= 15 is 0 Å². The summed E-state index contributed by atoms with van der Waals surface area (Å²) in [7, 11) is 0. The molecule has 124 valence electrons. The van der Waals surface area contributed by atoms with Crippen LogP contribution in [0.5, 0.6) is 0 Å². The molecule has 1 unspecified atom stereocenters. The van der Waals surface area contributed by atoms with Gasteiger partial charge in [0, 0.05) is 16.5 Å². The standard InChI is InChI=1S/C17H21NO3S2/c1-9(2)17(10(3)4,16(20)21)13(15(19)22)14-18-11-7-5-6-8-12(11)23-14/h5-10,13H,1-4H3,(H,19,22)(H,20,21)/p-2. The molecular weight excluding hydrogens is 330 g/mol. The van der Waals surface area contributed by atoms with Gasteiger partial charge in [0.1, 0.15) is 5.01 Å². The molecule has 0 saturated carbocycles. The van der Waals surface area contributed by atoms with E-state index < -0.39 is 22.4 Å². The number of carboxylic acid groups (broad SMARTS) is 1. The molecular formula is C17H19NO3S2-2. The first-order valence-corrected chi connectivity index (χ1v) is 8.73. The summed E-state index contributed by atoms with van der Waals surface area (Å²) < 4.78 is 0.906. The van der Waals surface area contributed by atoms with Crippen LogP contribution in [0.1, 0.15) is 38.6 Å². The number of para-hydroxylation sites is 1. The van der Waals surface area contributed by atoms with Gasteiger partial charge in [0.15, 0.2) is 0 Å². The maximum Gasteiger partial charge on any atom is 0.103 e. The van der Waals surface area contributed by atoms with Crippen molar-refractivity contribution in [3.63, 3.8) is 0 Å². The zero-order chi connectivity index (χ0) is 17.4. The van der Waals surface area contributed by atoms with Gasteiger partial charge in [0.05, 0.1) is 16.1 Å². The van der Waals surface area contributed by atoms with Crippen LogP contribution in [0.3, 0.4) is 0 Å². The number of aliphatic carboxylic acids is 1. The maximum absolute atomic E-state index is 12.3. The van der Waals surface area contributed by atoms with Crippen molar-refractivity contribution in [3.05, 3.63) is 29.3 Å². The van der Waals surface area contributed by atoms with Crippen molar-refractivity contribution >= 4 is 45.3 Å². The fraction of sp³-hybridized carbons (Fsp3) is 0.471. The molecule has 4 nitrogen and oxygen atoms in total. The molecule has 1 aromatic carbocycles. The number of aromatic nitrogens is 1. The van der Waals surface area contributed by atoms with Crippen molar-refractivity contribution in [3.8, 4) is 0 Å². The minimum atomic E-state index is -1.38. The first-order chi connectivity index (χ1) is 10.7. The zero-order valence-corrected chi connectivity index (χ0v) is 15.2. The van der Waals surface area contributed by atoms with Crippen molar-refractivity contribution in [2.75, 3.05) is 0 Å². The molecule has 0 bridgehead atoms. The summed E-state index contributed by atoms with van der Waals surface area (Å²) in [6.45, 7) is 7.14. The Balaban J connectivity index is 2.72. The van der Waals surface area contributed by atoms with Gasteiger partial charge in [-0.3, -0.25) is 0 Å². The summed E-state index contributed by atoms with van der Waals surface area (Å²) in [6.07, 6.45) is 0. The fourth-order valence-electron chi connectivity index (χ4n) is 3.44. The van der Waals surface area contributed by atoms with Crippen LogP contribution in [0, 0.1) is 17.3 Å². The molecule has 0 amide bonds. The van der Waals surface area contributed by atoms with E-state index in [4.69, 9.17) is 12.6 Å². The second-order valence-electron chi connectivity index (χ2n) is 6.30. The minimum Gasteiger partial charge on any atom is -0.741 e. The molecule has 1 atom stereocenters. The van der Waals surface area contributed by atoms with Gasteiger partial charge in [-0.25, -0.2) is 4.98 Å². The molecule has 0 N–H and O–H groups in total. The zero-order valence-electron chi connectivity index (χ0n) is 13.5. The molecule has 6 heteroatoms. The highest BCUT2D eigenvalue weighted by Crippen LogP contribution is 2.49. The smallest absolute Gasteiger partial charge is 0.103 e. The average molecular weight is 349 g/mol. The summed E-state index contributed by atoms with van der Waals surface area (Å²) in [4.78, 5) is 28.9. The maximum atomic E-state index is 12.3. The Bertz CT molecular complexity index is 695. The van der Waals surface area contributed by atoms with Gasteiger partial charge in [-0.05, 0) is 24.0 Å². The van der Waals surface area contributed by atoms with Gasteiger partial charge in [-0.2, -0.15) is 0 Å². The highest BCUT2D eigenvalue weighted by Gasteiger charge is 2.48. The van der Waals surface area contributed by atoms with Crippen molar-refractivity contribution < 1.29 is 14.7 Å². The lowest BCUT2D eigenvalue weighted by atomic mass is 9.61. The Morgan fingerprint density at radius 1 is 1.17 bits per heavy atom. The Hall–Kier alpha value is -1.53. The monoisotopic (exact) mass is 349 g/mol. The molecule has 0 spiro atoms. The van der Waals surface area contributed by atoms with Crippen molar-refractivity contribution in [1.29, 1.82) is 0 Å². The fourth-order valence-corrected chi connectivity index (χ4v) is 4.97. The van der Waals surface area contributed by atoms with E-state index in [1.54, 1.807) is 27.7 Å². The number of nitrogens with zero attached hydrogens (tertiary/aromatic N) is 1. The molecule has 23 heavy (non-hydrogen) atoms. The Morgan fingerprint density at radius 3 is 2.17 bits per heavy atom. The van der Waals surface area contributed by atoms with E-state index in [1.807, 2.05) is 24.3 Å². The number of hydrogen-bond acceptors (Lipinski definition) is 6. The number of carbonyl (C=O) groups is 2. The number of fused-ring (bicyclic) bond motifs is 1. The summed E-state index contributed by atoms with van der Waals surface area (Å²) in [5.74, 6) is -2.88. The second-order valence-corrected chi connectivity index (χ2v) is 7.77. The second kappa shape index (κ2) is 6.53. The highest BCUT2D eigenvalue weighted by molar-refractivity contribution is 7.77. The highest BCUT2D eigenvalue weighted by atomic mass is 32.1. The van der Waals surface area contributed by atoms with E-state index in [2.05, 4.69) is 4.98 Å². The topological polar surface area (TPSA) is 70.1 Å². The Labute approximate surface area is 145 Å². The van der Waals surface area contributed by atoms with Crippen LogP contribution in [0.15, 0.2) is 24.3 Å².